The molecule has 3 heteroatoms. The van der Waals surface area contributed by atoms with E-state index < -0.39 is 5.60 Å². The van der Waals surface area contributed by atoms with Crippen molar-refractivity contribution in [2.75, 3.05) is 13.1 Å². The lowest BCUT2D eigenvalue weighted by atomic mass is 9.85. The summed E-state index contributed by atoms with van der Waals surface area (Å²) < 4.78 is 0. The van der Waals surface area contributed by atoms with E-state index in [1.165, 1.54) is 5.39 Å². The number of aliphatic hydroxyl groups is 1. The second kappa shape index (κ2) is 3.61. The Morgan fingerprint density at radius 2 is 1.94 bits per heavy atom. The minimum absolute atomic E-state index is 0.642. The molecule has 0 spiro atoms. The van der Waals surface area contributed by atoms with E-state index in [4.69, 9.17) is 0 Å². The fraction of sp³-hybridized carbons (Fsp3) is 0.385. The molecule has 1 aliphatic rings. The fourth-order valence-electron chi connectivity index (χ4n) is 2.47. The molecule has 3 rings (SSSR count). The highest BCUT2D eigenvalue weighted by atomic mass is 16.3. The first-order valence-electron chi connectivity index (χ1n) is 5.79. The van der Waals surface area contributed by atoms with Crippen molar-refractivity contribution in [3.05, 3.63) is 36.0 Å². The van der Waals surface area contributed by atoms with Gasteiger partial charge in [0.15, 0.2) is 0 Å². The van der Waals surface area contributed by atoms with Crippen molar-refractivity contribution in [3.63, 3.8) is 0 Å². The summed E-state index contributed by atoms with van der Waals surface area (Å²) in [5.41, 5.74) is 1.53. The Labute approximate surface area is 94.5 Å². The maximum Gasteiger partial charge on any atom is 0.0921 e. The van der Waals surface area contributed by atoms with Crippen LogP contribution in [0.1, 0.15) is 18.4 Å². The summed E-state index contributed by atoms with van der Waals surface area (Å²) >= 11 is 0. The van der Waals surface area contributed by atoms with E-state index in [9.17, 15) is 5.11 Å². The van der Waals surface area contributed by atoms with Crippen LogP contribution >= 0.6 is 0 Å². The monoisotopic (exact) mass is 216 g/mol. The van der Waals surface area contributed by atoms with Crippen molar-refractivity contribution in [3.8, 4) is 0 Å². The van der Waals surface area contributed by atoms with E-state index in [-0.39, 0.29) is 0 Å². The maximum absolute atomic E-state index is 10.6. The van der Waals surface area contributed by atoms with Crippen LogP contribution in [-0.4, -0.2) is 23.2 Å². The van der Waals surface area contributed by atoms with Gasteiger partial charge in [0.25, 0.3) is 0 Å². The van der Waals surface area contributed by atoms with Gasteiger partial charge in [-0.3, -0.25) is 0 Å². The summed E-state index contributed by atoms with van der Waals surface area (Å²) in [6.07, 6.45) is 3.52. The van der Waals surface area contributed by atoms with Gasteiger partial charge in [-0.05, 0) is 55.1 Å². The van der Waals surface area contributed by atoms with Gasteiger partial charge in [0.2, 0.25) is 0 Å². The molecule has 16 heavy (non-hydrogen) atoms. The molecule has 1 fully saturated rings. The van der Waals surface area contributed by atoms with Gasteiger partial charge in [-0.2, -0.15) is 0 Å². The highest BCUT2D eigenvalue weighted by Crippen LogP contribution is 2.31. The summed E-state index contributed by atoms with van der Waals surface area (Å²) in [6.45, 7) is 1.78. The number of rotatable bonds is 1. The molecule has 3 N–H and O–H groups in total. The zero-order valence-corrected chi connectivity index (χ0v) is 9.16. The van der Waals surface area contributed by atoms with Gasteiger partial charge in [-0.15, -0.1) is 0 Å². The van der Waals surface area contributed by atoms with Gasteiger partial charge in [-0.1, -0.05) is 6.07 Å². The highest BCUT2D eigenvalue weighted by Gasteiger charge is 2.30. The molecule has 1 saturated heterocycles. The number of piperidine rings is 1. The van der Waals surface area contributed by atoms with Crippen LogP contribution in [0.4, 0.5) is 0 Å². The van der Waals surface area contributed by atoms with E-state index in [0.29, 0.717) is 0 Å². The average Bonchev–Trinajstić information content (AvgIpc) is 2.77. The number of hydrogen-bond acceptors (Lipinski definition) is 2. The first kappa shape index (κ1) is 9.87. The fourth-order valence-corrected chi connectivity index (χ4v) is 2.47. The van der Waals surface area contributed by atoms with Gasteiger partial charge >= 0.3 is 0 Å². The van der Waals surface area contributed by atoms with Gasteiger partial charge in [0, 0.05) is 11.7 Å². The Hall–Kier alpha value is -1.32. The van der Waals surface area contributed by atoms with Crippen molar-refractivity contribution in [2.24, 2.45) is 0 Å². The van der Waals surface area contributed by atoms with Crippen LogP contribution in [0, 0.1) is 0 Å². The van der Waals surface area contributed by atoms with Crippen molar-refractivity contribution in [1.82, 2.24) is 10.3 Å². The second-order valence-corrected chi connectivity index (χ2v) is 4.56. The third-order valence-corrected chi connectivity index (χ3v) is 3.52. The molecule has 0 bridgehead atoms. The lowest BCUT2D eigenvalue weighted by molar-refractivity contribution is 0.00606. The Morgan fingerprint density at radius 1 is 1.12 bits per heavy atom. The second-order valence-electron chi connectivity index (χ2n) is 4.56. The third kappa shape index (κ3) is 1.52. The molecule has 0 unspecified atom stereocenters. The molecule has 1 aromatic heterocycles. The van der Waals surface area contributed by atoms with Gasteiger partial charge in [0.1, 0.15) is 0 Å². The number of H-pyrrole nitrogens is 1. The number of aromatic nitrogens is 1. The topological polar surface area (TPSA) is 48.0 Å². The summed E-state index contributed by atoms with van der Waals surface area (Å²) in [4.78, 5) is 3.17. The van der Waals surface area contributed by atoms with E-state index >= 15 is 0 Å². The minimum Gasteiger partial charge on any atom is -0.385 e. The molecule has 0 saturated carbocycles. The molecule has 0 amide bonds. The molecule has 3 nitrogen and oxygen atoms in total. The zero-order chi connectivity index (χ0) is 11.0. The zero-order valence-electron chi connectivity index (χ0n) is 9.16. The normalized spacial score (nSPS) is 20.1. The lowest BCUT2D eigenvalue weighted by Gasteiger charge is -2.33. The van der Waals surface area contributed by atoms with Crippen LogP contribution < -0.4 is 5.32 Å². The van der Waals surface area contributed by atoms with Crippen LogP contribution in [-0.2, 0) is 5.60 Å². The number of aromatic amines is 1. The van der Waals surface area contributed by atoms with Crippen LogP contribution in [0.5, 0.6) is 0 Å². The Balaban J connectivity index is 2.03. The quantitative estimate of drug-likeness (QED) is 0.680. The Bertz CT molecular complexity index is 497. The predicted molar refractivity (Wildman–Crippen MR) is 64.3 cm³/mol. The molecule has 1 aromatic carbocycles. The average molecular weight is 216 g/mol. The van der Waals surface area contributed by atoms with Crippen molar-refractivity contribution in [2.45, 2.75) is 18.4 Å². The number of benzene rings is 1. The van der Waals surface area contributed by atoms with Crippen LogP contribution in [0.15, 0.2) is 30.5 Å². The lowest BCUT2D eigenvalue weighted by Crippen LogP contribution is -2.39. The van der Waals surface area contributed by atoms with Crippen LogP contribution in [0.2, 0.25) is 0 Å². The van der Waals surface area contributed by atoms with Gasteiger partial charge in [0.05, 0.1) is 5.60 Å². The van der Waals surface area contributed by atoms with Gasteiger partial charge < -0.3 is 15.4 Å². The predicted octanol–water partition coefficient (Wildman–Crippen LogP) is 1.74. The molecule has 0 aliphatic carbocycles. The molecule has 2 aromatic rings. The molecule has 0 atom stereocenters. The standard InChI is InChI=1S/C13H16N2O/c16-13(4-7-14-8-5-13)11-1-2-12-10(9-11)3-6-15-12/h1-3,6,9,14-16H,4-5,7-8H2. The molecule has 84 valence electrons. The van der Waals surface area contributed by atoms with Crippen molar-refractivity contribution in [1.29, 1.82) is 0 Å². The summed E-state index contributed by atoms with van der Waals surface area (Å²) in [5, 5.41) is 15.0. The first-order chi connectivity index (χ1) is 7.78. The molecular weight excluding hydrogens is 200 g/mol. The summed E-state index contributed by atoms with van der Waals surface area (Å²) in [7, 11) is 0. The van der Waals surface area contributed by atoms with E-state index in [0.717, 1.165) is 37.0 Å². The third-order valence-electron chi connectivity index (χ3n) is 3.52. The molecular formula is C13H16N2O. The molecule has 0 radical (unpaired) electrons. The number of hydrogen-bond donors (Lipinski definition) is 3. The minimum atomic E-state index is -0.642. The maximum atomic E-state index is 10.6. The van der Waals surface area contributed by atoms with Crippen LogP contribution in [0.25, 0.3) is 10.9 Å². The van der Waals surface area contributed by atoms with Crippen LogP contribution in [0.3, 0.4) is 0 Å². The molecule has 2 heterocycles. The Morgan fingerprint density at radius 3 is 2.75 bits per heavy atom. The first-order valence-corrected chi connectivity index (χ1v) is 5.79. The highest BCUT2D eigenvalue weighted by molar-refractivity contribution is 5.80. The SMILES string of the molecule is OC1(c2ccc3[nH]ccc3c2)CCNCC1. The smallest absolute Gasteiger partial charge is 0.0921 e. The van der Waals surface area contributed by atoms with E-state index in [1.807, 2.05) is 24.4 Å². The number of fused-ring (bicyclic) bond motifs is 1. The Kier molecular flexibility index (Phi) is 2.23. The van der Waals surface area contributed by atoms with Gasteiger partial charge in [-0.25, -0.2) is 0 Å². The largest absolute Gasteiger partial charge is 0.385 e. The van der Waals surface area contributed by atoms with E-state index in [1.54, 1.807) is 0 Å². The summed E-state index contributed by atoms with van der Waals surface area (Å²) in [6, 6.07) is 8.22. The van der Waals surface area contributed by atoms with Crippen molar-refractivity contribution >= 4 is 10.9 Å². The number of nitrogens with one attached hydrogen (secondary N) is 2. The summed E-state index contributed by atoms with van der Waals surface area (Å²) in [5.74, 6) is 0. The van der Waals surface area contributed by atoms with Crippen molar-refractivity contribution < 1.29 is 5.11 Å². The van der Waals surface area contributed by atoms with E-state index in [2.05, 4.69) is 16.4 Å². The molecule has 1 aliphatic heterocycles.